The van der Waals surface area contributed by atoms with E-state index in [-0.39, 0.29) is 17.7 Å². The van der Waals surface area contributed by atoms with E-state index >= 15 is 0 Å². The van der Waals surface area contributed by atoms with E-state index in [1.165, 1.54) is 23.1 Å². The van der Waals surface area contributed by atoms with E-state index in [0.717, 1.165) is 17.0 Å². The summed E-state index contributed by atoms with van der Waals surface area (Å²) in [6.45, 7) is 1.91. The maximum atomic E-state index is 12.2. The molecule has 28 heavy (non-hydrogen) atoms. The maximum absolute atomic E-state index is 12.2. The Morgan fingerprint density at radius 2 is 1.96 bits per heavy atom. The highest BCUT2D eigenvalue weighted by Crippen LogP contribution is 2.31. The fourth-order valence-corrected chi connectivity index (χ4v) is 4.37. The van der Waals surface area contributed by atoms with Gasteiger partial charge in [-0.05, 0) is 30.7 Å². The van der Waals surface area contributed by atoms with Gasteiger partial charge in [-0.2, -0.15) is 0 Å². The second kappa shape index (κ2) is 9.77. The van der Waals surface area contributed by atoms with Gasteiger partial charge in [-0.3, -0.25) is 4.79 Å². The summed E-state index contributed by atoms with van der Waals surface area (Å²) < 4.78 is 6.02. The molecule has 3 aromatic rings. The van der Waals surface area contributed by atoms with Crippen LogP contribution in [0.3, 0.4) is 0 Å². The molecule has 1 atom stereocenters. The van der Waals surface area contributed by atoms with Crippen molar-refractivity contribution in [2.24, 2.45) is 0 Å². The minimum absolute atomic E-state index is 0.0909. The lowest BCUT2D eigenvalue weighted by Crippen LogP contribution is -2.28. The number of carbonyl (C=O) groups excluding carboxylic acids is 1. The smallest absolute Gasteiger partial charge is 0.230 e. The molecule has 3 rings (SSSR count). The van der Waals surface area contributed by atoms with E-state index in [9.17, 15) is 4.79 Å². The summed E-state index contributed by atoms with van der Waals surface area (Å²) in [6.07, 6.45) is 0. The molecule has 0 fully saturated rings. The Morgan fingerprint density at radius 3 is 2.75 bits per heavy atom. The van der Waals surface area contributed by atoms with Gasteiger partial charge in [-0.25, -0.2) is 0 Å². The van der Waals surface area contributed by atoms with E-state index in [1.807, 2.05) is 55.5 Å². The van der Waals surface area contributed by atoms with Crippen LogP contribution in [0, 0.1) is 0 Å². The molecular formula is C19H19ClN4O2S2. The molecule has 0 aliphatic heterocycles. The first-order chi connectivity index (χ1) is 13.6. The van der Waals surface area contributed by atoms with Crippen LogP contribution in [0.4, 0.5) is 10.8 Å². The summed E-state index contributed by atoms with van der Waals surface area (Å²) in [6, 6.07) is 14.9. The first kappa shape index (κ1) is 20.4. The van der Waals surface area contributed by atoms with Crippen LogP contribution in [-0.4, -0.2) is 29.0 Å². The first-order valence-corrected chi connectivity index (χ1v) is 10.6. The molecule has 9 heteroatoms. The van der Waals surface area contributed by atoms with Crippen molar-refractivity contribution >= 4 is 51.4 Å². The topological polar surface area (TPSA) is 76.1 Å². The molecule has 0 saturated carbocycles. The summed E-state index contributed by atoms with van der Waals surface area (Å²) in [5, 5.41) is 15.6. The van der Waals surface area contributed by atoms with E-state index in [4.69, 9.17) is 16.3 Å². The average molecular weight is 435 g/mol. The summed E-state index contributed by atoms with van der Waals surface area (Å²) >= 11 is 8.90. The molecule has 0 radical (unpaired) electrons. The van der Waals surface area contributed by atoms with Crippen molar-refractivity contribution in [2.45, 2.75) is 17.3 Å². The third-order valence-electron chi connectivity index (χ3n) is 3.83. The number of rotatable bonds is 8. The lowest BCUT2D eigenvalue weighted by Gasteiger charge is -2.15. The van der Waals surface area contributed by atoms with Crippen molar-refractivity contribution in [2.75, 3.05) is 18.2 Å². The van der Waals surface area contributed by atoms with Gasteiger partial charge in [0.15, 0.2) is 4.34 Å². The molecule has 0 saturated heterocycles. The lowest BCUT2D eigenvalue weighted by atomic mass is 10.1. The molecule has 0 aliphatic rings. The third kappa shape index (κ3) is 5.37. The number of aromatic nitrogens is 2. The molecule has 146 valence electrons. The Hall–Kier alpha value is -2.29. The zero-order valence-corrected chi connectivity index (χ0v) is 17.7. The molecule has 0 aliphatic carbocycles. The van der Waals surface area contributed by atoms with Crippen LogP contribution in [-0.2, 0) is 4.79 Å². The van der Waals surface area contributed by atoms with Crippen LogP contribution in [0.15, 0.2) is 52.9 Å². The summed E-state index contributed by atoms with van der Waals surface area (Å²) in [4.78, 5) is 12.2. The monoisotopic (exact) mass is 434 g/mol. The minimum Gasteiger partial charge on any atom is -0.495 e. The van der Waals surface area contributed by atoms with Gasteiger partial charge in [-0.1, -0.05) is 65.0 Å². The molecule has 0 bridgehead atoms. The van der Waals surface area contributed by atoms with Gasteiger partial charge in [0.25, 0.3) is 0 Å². The van der Waals surface area contributed by atoms with E-state index in [2.05, 4.69) is 20.8 Å². The SMILES string of the molecule is COc1ccccc1Nc1nnc(SCC(=O)NC(C)c2ccccc2Cl)s1. The number of carbonyl (C=O) groups is 1. The van der Waals surface area contributed by atoms with Crippen molar-refractivity contribution in [1.29, 1.82) is 0 Å². The molecular weight excluding hydrogens is 416 g/mol. The number of para-hydroxylation sites is 2. The average Bonchev–Trinajstić information content (AvgIpc) is 3.14. The van der Waals surface area contributed by atoms with Crippen molar-refractivity contribution in [3.63, 3.8) is 0 Å². The van der Waals surface area contributed by atoms with Crippen LogP contribution in [0.5, 0.6) is 5.75 Å². The second-order valence-electron chi connectivity index (χ2n) is 5.80. The number of halogens is 1. The van der Waals surface area contributed by atoms with Gasteiger partial charge < -0.3 is 15.4 Å². The fraction of sp³-hybridized carbons (Fsp3) is 0.211. The Balaban J connectivity index is 1.53. The van der Waals surface area contributed by atoms with E-state index in [0.29, 0.717) is 14.5 Å². The second-order valence-corrected chi connectivity index (χ2v) is 8.40. The quantitative estimate of drug-likeness (QED) is 0.490. The lowest BCUT2D eigenvalue weighted by molar-refractivity contribution is -0.119. The molecule has 1 heterocycles. The molecule has 2 aromatic carbocycles. The zero-order valence-electron chi connectivity index (χ0n) is 15.3. The van der Waals surface area contributed by atoms with E-state index in [1.54, 1.807) is 7.11 Å². The molecule has 1 aromatic heterocycles. The standard InChI is InChI=1S/C19H19ClN4O2S2/c1-12(13-7-3-4-8-14(13)20)21-17(25)11-27-19-24-23-18(28-19)22-15-9-5-6-10-16(15)26-2/h3-10,12H,11H2,1-2H3,(H,21,25)(H,22,23). The summed E-state index contributed by atoms with van der Waals surface area (Å²) in [7, 11) is 1.62. The normalized spacial score (nSPS) is 11.7. The number of nitrogens with zero attached hydrogens (tertiary/aromatic N) is 2. The predicted octanol–water partition coefficient (Wildman–Crippen LogP) is 4.91. The van der Waals surface area contributed by atoms with E-state index < -0.39 is 0 Å². The van der Waals surface area contributed by atoms with Crippen LogP contribution in [0.2, 0.25) is 5.02 Å². The Morgan fingerprint density at radius 1 is 1.21 bits per heavy atom. The zero-order chi connectivity index (χ0) is 19.9. The van der Waals surface area contributed by atoms with Crippen LogP contribution >= 0.6 is 34.7 Å². The Labute approximate surface area is 176 Å². The molecule has 0 spiro atoms. The minimum atomic E-state index is -0.168. The Bertz CT molecular complexity index is 951. The first-order valence-electron chi connectivity index (χ1n) is 8.47. The predicted molar refractivity (Wildman–Crippen MR) is 115 cm³/mol. The Kier molecular flexibility index (Phi) is 7.13. The van der Waals surface area contributed by atoms with Gasteiger partial charge in [0.05, 0.1) is 24.6 Å². The van der Waals surface area contributed by atoms with Crippen LogP contribution < -0.4 is 15.4 Å². The number of amides is 1. The fourth-order valence-electron chi connectivity index (χ4n) is 2.50. The van der Waals surface area contributed by atoms with Crippen molar-refractivity contribution in [3.05, 3.63) is 59.1 Å². The number of thioether (sulfide) groups is 1. The summed E-state index contributed by atoms with van der Waals surface area (Å²) in [5.74, 6) is 0.879. The molecule has 1 unspecified atom stereocenters. The maximum Gasteiger partial charge on any atom is 0.230 e. The number of benzene rings is 2. The number of hydrogen-bond acceptors (Lipinski definition) is 7. The van der Waals surface area contributed by atoms with Crippen LogP contribution in [0.1, 0.15) is 18.5 Å². The van der Waals surface area contributed by atoms with Gasteiger partial charge in [-0.15, -0.1) is 10.2 Å². The van der Waals surface area contributed by atoms with Crippen molar-refractivity contribution in [3.8, 4) is 5.75 Å². The highest BCUT2D eigenvalue weighted by Gasteiger charge is 2.14. The number of methoxy groups -OCH3 is 1. The number of anilines is 2. The van der Waals surface area contributed by atoms with Gasteiger partial charge in [0, 0.05) is 5.02 Å². The van der Waals surface area contributed by atoms with Crippen molar-refractivity contribution in [1.82, 2.24) is 15.5 Å². The molecule has 1 amide bonds. The highest BCUT2D eigenvalue weighted by atomic mass is 35.5. The number of nitrogens with one attached hydrogen (secondary N) is 2. The van der Waals surface area contributed by atoms with Gasteiger partial charge >= 0.3 is 0 Å². The highest BCUT2D eigenvalue weighted by molar-refractivity contribution is 8.01. The molecule has 6 nitrogen and oxygen atoms in total. The van der Waals surface area contributed by atoms with Crippen LogP contribution in [0.25, 0.3) is 0 Å². The summed E-state index contributed by atoms with van der Waals surface area (Å²) in [5.41, 5.74) is 1.70. The number of hydrogen-bond donors (Lipinski definition) is 2. The largest absolute Gasteiger partial charge is 0.495 e. The number of ether oxygens (including phenoxy) is 1. The van der Waals surface area contributed by atoms with Gasteiger partial charge in [0.2, 0.25) is 11.0 Å². The molecule has 2 N–H and O–H groups in total. The van der Waals surface area contributed by atoms with Crippen molar-refractivity contribution < 1.29 is 9.53 Å². The third-order valence-corrected chi connectivity index (χ3v) is 6.15. The van der Waals surface area contributed by atoms with Gasteiger partial charge in [0.1, 0.15) is 5.75 Å².